The fraction of sp³-hybridized carbons (Fsp3) is 0.667. The van der Waals surface area contributed by atoms with Crippen molar-refractivity contribution in [2.75, 3.05) is 20.2 Å². The number of ether oxygens (including phenoxy) is 1. The molecule has 2 heteroatoms. The number of aryl methyl sites for hydroxylation is 1. The second-order valence-electron chi connectivity index (χ2n) is 6.45. The van der Waals surface area contributed by atoms with Gasteiger partial charge in [0.05, 0.1) is 7.11 Å². The Kier molecular flexibility index (Phi) is 5.09. The summed E-state index contributed by atoms with van der Waals surface area (Å²) >= 11 is 0. The van der Waals surface area contributed by atoms with Crippen LogP contribution in [0.25, 0.3) is 0 Å². The van der Waals surface area contributed by atoms with Crippen molar-refractivity contribution in [1.82, 2.24) is 5.32 Å². The van der Waals surface area contributed by atoms with Gasteiger partial charge in [-0.15, -0.1) is 0 Å². The minimum Gasteiger partial charge on any atom is -0.496 e. The summed E-state index contributed by atoms with van der Waals surface area (Å²) in [7, 11) is 1.79. The lowest BCUT2D eigenvalue weighted by Gasteiger charge is -2.41. The highest BCUT2D eigenvalue weighted by Crippen LogP contribution is 2.44. The number of hydrogen-bond donors (Lipinski definition) is 1. The maximum Gasteiger partial charge on any atom is 0.122 e. The van der Waals surface area contributed by atoms with E-state index in [1.165, 1.54) is 36.8 Å². The van der Waals surface area contributed by atoms with Gasteiger partial charge in [0.1, 0.15) is 5.75 Å². The molecule has 0 atom stereocenters. The molecule has 20 heavy (non-hydrogen) atoms. The minimum atomic E-state index is 0.250. The van der Waals surface area contributed by atoms with Gasteiger partial charge in [0, 0.05) is 17.5 Å². The Labute approximate surface area is 123 Å². The predicted molar refractivity (Wildman–Crippen MR) is 85.6 cm³/mol. The summed E-state index contributed by atoms with van der Waals surface area (Å²) < 4.78 is 5.66. The first kappa shape index (κ1) is 15.4. The van der Waals surface area contributed by atoms with Crippen LogP contribution in [0, 0.1) is 12.8 Å². The fourth-order valence-electron chi connectivity index (χ4n) is 3.46. The first-order valence-electron chi connectivity index (χ1n) is 7.97. The Bertz CT molecular complexity index is 428. The van der Waals surface area contributed by atoms with E-state index in [0.717, 1.165) is 24.8 Å². The van der Waals surface area contributed by atoms with E-state index in [0.29, 0.717) is 0 Å². The van der Waals surface area contributed by atoms with Gasteiger partial charge < -0.3 is 10.1 Å². The molecule has 2 rings (SSSR count). The number of nitrogens with one attached hydrogen (secondary N) is 1. The summed E-state index contributed by atoms with van der Waals surface area (Å²) in [6.45, 7) is 8.84. The highest BCUT2D eigenvalue weighted by atomic mass is 16.5. The molecule has 1 aromatic carbocycles. The first-order valence-corrected chi connectivity index (χ1v) is 7.97. The largest absolute Gasteiger partial charge is 0.496 e. The molecule has 0 saturated heterocycles. The molecule has 2 nitrogen and oxygen atoms in total. The summed E-state index contributed by atoms with van der Waals surface area (Å²) in [5, 5.41) is 3.59. The molecule has 1 aromatic rings. The predicted octanol–water partition coefficient (Wildman–Crippen LogP) is 4.06. The van der Waals surface area contributed by atoms with Gasteiger partial charge in [-0.1, -0.05) is 31.5 Å². The molecule has 1 saturated carbocycles. The van der Waals surface area contributed by atoms with Crippen LogP contribution in [-0.2, 0) is 5.41 Å². The topological polar surface area (TPSA) is 21.3 Å². The van der Waals surface area contributed by atoms with E-state index in [9.17, 15) is 0 Å². The van der Waals surface area contributed by atoms with Crippen molar-refractivity contribution in [3.63, 3.8) is 0 Å². The van der Waals surface area contributed by atoms with E-state index < -0.39 is 0 Å². The summed E-state index contributed by atoms with van der Waals surface area (Å²) in [4.78, 5) is 0. The van der Waals surface area contributed by atoms with Gasteiger partial charge in [0.15, 0.2) is 0 Å². The van der Waals surface area contributed by atoms with Gasteiger partial charge >= 0.3 is 0 Å². The van der Waals surface area contributed by atoms with Crippen LogP contribution < -0.4 is 10.1 Å². The second kappa shape index (κ2) is 6.62. The number of likely N-dealkylation sites (N-methyl/N-ethyl adjacent to an activating group) is 1. The van der Waals surface area contributed by atoms with Gasteiger partial charge in [-0.3, -0.25) is 0 Å². The molecule has 0 bridgehead atoms. The molecule has 0 aromatic heterocycles. The molecule has 1 N–H and O–H groups in total. The zero-order chi connectivity index (χ0) is 14.6. The Balaban J connectivity index is 2.37. The Morgan fingerprint density at radius 1 is 1.30 bits per heavy atom. The van der Waals surface area contributed by atoms with Crippen LogP contribution in [0.15, 0.2) is 18.2 Å². The van der Waals surface area contributed by atoms with E-state index in [1.54, 1.807) is 7.11 Å². The molecule has 0 amide bonds. The first-order chi connectivity index (χ1) is 9.61. The average molecular weight is 275 g/mol. The van der Waals surface area contributed by atoms with Gasteiger partial charge in [0.2, 0.25) is 0 Å². The minimum absolute atomic E-state index is 0.250. The number of rotatable bonds is 5. The number of hydrogen-bond acceptors (Lipinski definition) is 2. The van der Waals surface area contributed by atoms with E-state index in [4.69, 9.17) is 4.74 Å². The third kappa shape index (κ3) is 3.17. The van der Waals surface area contributed by atoms with Gasteiger partial charge in [-0.2, -0.15) is 0 Å². The summed E-state index contributed by atoms with van der Waals surface area (Å²) in [6, 6.07) is 6.62. The Hall–Kier alpha value is -1.02. The molecule has 1 aliphatic carbocycles. The zero-order valence-corrected chi connectivity index (χ0v) is 13.5. The molecule has 0 spiro atoms. The third-order valence-electron chi connectivity index (χ3n) is 4.87. The molecule has 112 valence electrons. The van der Waals surface area contributed by atoms with Crippen LogP contribution in [0.5, 0.6) is 5.75 Å². The van der Waals surface area contributed by atoms with Crippen molar-refractivity contribution >= 4 is 0 Å². The lowest BCUT2D eigenvalue weighted by Crippen LogP contribution is -2.41. The molecular formula is C18H29NO. The molecular weight excluding hydrogens is 246 g/mol. The molecule has 0 unspecified atom stereocenters. The highest BCUT2D eigenvalue weighted by Gasteiger charge is 2.37. The third-order valence-corrected chi connectivity index (χ3v) is 4.87. The lowest BCUT2D eigenvalue weighted by atomic mass is 9.66. The Morgan fingerprint density at radius 3 is 2.60 bits per heavy atom. The van der Waals surface area contributed by atoms with Gasteiger partial charge in [-0.05, 0) is 51.1 Å². The van der Waals surface area contributed by atoms with E-state index >= 15 is 0 Å². The van der Waals surface area contributed by atoms with Gasteiger partial charge in [0.25, 0.3) is 0 Å². The lowest BCUT2D eigenvalue weighted by molar-refractivity contribution is 0.228. The highest BCUT2D eigenvalue weighted by molar-refractivity contribution is 5.43. The van der Waals surface area contributed by atoms with Crippen LogP contribution >= 0.6 is 0 Å². The van der Waals surface area contributed by atoms with Crippen molar-refractivity contribution < 1.29 is 4.74 Å². The zero-order valence-electron chi connectivity index (χ0n) is 13.5. The van der Waals surface area contributed by atoms with E-state index in [2.05, 4.69) is 44.3 Å². The van der Waals surface area contributed by atoms with Crippen molar-refractivity contribution in [2.45, 2.75) is 51.9 Å². The maximum atomic E-state index is 5.66. The SMILES string of the molecule is CCNCC1(c2cc(C)ccc2OC)CCC(C)CC1. The molecule has 1 aliphatic rings. The van der Waals surface area contributed by atoms with Crippen molar-refractivity contribution in [2.24, 2.45) is 5.92 Å². The number of methoxy groups -OCH3 is 1. The molecule has 0 aliphatic heterocycles. The van der Waals surface area contributed by atoms with Crippen LogP contribution in [0.1, 0.15) is 50.7 Å². The Morgan fingerprint density at radius 2 is 2.00 bits per heavy atom. The van der Waals surface area contributed by atoms with Crippen molar-refractivity contribution in [1.29, 1.82) is 0 Å². The van der Waals surface area contributed by atoms with Gasteiger partial charge in [-0.25, -0.2) is 0 Å². The average Bonchev–Trinajstić information content (AvgIpc) is 2.47. The smallest absolute Gasteiger partial charge is 0.122 e. The summed E-state index contributed by atoms with van der Waals surface area (Å²) in [5.41, 5.74) is 2.99. The van der Waals surface area contributed by atoms with E-state index in [-0.39, 0.29) is 5.41 Å². The number of benzene rings is 1. The van der Waals surface area contributed by atoms with Crippen molar-refractivity contribution in [3.05, 3.63) is 29.3 Å². The van der Waals surface area contributed by atoms with Crippen LogP contribution in [-0.4, -0.2) is 20.2 Å². The fourth-order valence-corrected chi connectivity index (χ4v) is 3.46. The second-order valence-corrected chi connectivity index (χ2v) is 6.45. The van der Waals surface area contributed by atoms with Crippen LogP contribution in [0.4, 0.5) is 0 Å². The molecule has 0 radical (unpaired) electrons. The molecule has 1 fully saturated rings. The standard InChI is InChI=1S/C18H29NO/c1-5-19-13-18(10-8-14(2)9-11-18)16-12-15(3)6-7-17(16)20-4/h6-7,12,14,19H,5,8-11,13H2,1-4H3. The maximum absolute atomic E-state index is 5.66. The van der Waals surface area contributed by atoms with E-state index in [1.807, 2.05) is 0 Å². The van der Waals surface area contributed by atoms with Crippen LogP contribution in [0.3, 0.4) is 0 Å². The summed E-state index contributed by atoms with van der Waals surface area (Å²) in [6.07, 6.45) is 5.17. The monoisotopic (exact) mass is 275 g/mol. The molecule has 0 heterocycles. The van der Waals surface area contributed by atoms with Crippen molar-refractivity contribution in [3.8, 4) is 5.75 Å². The van der Waals surface area contributed by atoms with Crippen LogP contribution in [0.2, 0.25) is 0 Å². The quantitative estimate of drug-likeness (QED) is 0.875. The summed E-state index contributed by atoms with van der Waals surface area (Å²) in [5.74, 6) is 1.92. The normalized spacial score (nSPS) is 26.5.